The molecule has 10 heteroatoms. The highest BCUT2D eigenvalue weighted by atomic mass is 32.1. The molecule has 128 valence electrons. The summed E-state index contributed by atoms with van der Waals surface area (Å²) in [6.07, 6.45) is -3.95. The van der Waals surface area contributed by atoms with Crippen LogP contribution in [-0.4, -0.2) is 53.7 Å². The molecule has 24 heavy (non-hydrogen) atoms. The number of nitrogens with one attached hydrogen (secondary N) is 1. The molecule has 1 saturated heterocycles. The van der Waals surface area contributed by atoms with E-state index in [-0.39, 0.29) is 16.2 Å². The number of hydrogen-bond acceptors (Lipinski definition) is 7. The Balaban J connectivity index is 2.20. The van der Waals surface area contributed by atoms with Crippen LogP contribution in [0.15, 0.2) is 6.33 Å². The van der Waals surface area contributed by atoms with Crippen molar-refractivity contribution in [1.82, 2.24) is 19.5 Å². The lowest BCUT2D eigenvalue weighted by atomic mass is 9.94. The Morgan fingerprint density at radius 3 is 2.96 bits per heavy atom. The largest absolute Gasteiger partial charge is 0.391 e. The molecule has 0 saturated carbocycles. The number of imidazole rings is 1. The molecule has 0 spiro atoms. The van der Waals surface area contributed by atoms with Crippen LogP contribution in [0.4, 0.5) is 10.3 Å². The van der Waals surface area contributed by atoms with Crippen LogP contribution in [-0.2, 0) is 4.74 Å². The maximum absolute atomic E-state index is 15.5. The van der Waals surface area contributed by atoms with Crippen molar-refractivity contribution in [3.05, 3.63) is 11.0 Å². The minimum Gasteiger partial charge on any atom is -0.391 e. The number of halogens is 1. The first-order valence-electron chi connectivity index (χ1n) is 7.16. The molecule has 8 nitrogen and oxygen atoms in total. The normalized spacial score (nSPS) is 31.0. The van der Waals surface area contributed by atoms with E-state index in [2.05, 4.69) is 26.8 Å². The van der Waals surface area contributed by atoms with E-state index < -0.39 is 30.2 Å². The van der Waals surface area contributed by atoms with E-state index >= 15 is 4.39 Å². The number of aliphatic hydroxyl groups is 2. The van der Waals surface area contributed by atoms with Crippen LogP contribution in [0.25, 0.3) is 11.2 Å². The molecule has 2 aromatic rings. The van der Waals surface area contributed by atoms with Crippen LogP contribution >= 0.6 is 12.2 Å². The molecule has 1 aliphatic heterocycles. The number of ether oxygens (including phenoxy) is 1. The number of H-pyrrole nitrogens is 1. The van der Waals surface area contributed by atoms with Gasteiger partial charge < -0.3 is 25.7 Å². The van der Waals surface area contributed by atoms with Gasteiger partial charge in [0.05, 0.1) is 12.4 Å². The summed E-state index contributed by atoms with van der Waals surface area (Å²) < 4.78 is 22.5. The maximum atomic E-state index is 15.5. The fraction of sp³-hybridized carbons (Fsp3) is 0.500. The van der Waals surface area contributed by atoms with Crippen LogP contribution in [0.5, 0.6) is 0 Å². The molecule has 2 aromatic heterocycles. The van der Waals surface area contributed by atoms with Crippen molar-refractivity contribution in [3.63, 3.8) is 0 Å². The van der Waals surface area contributed by atoms with Crippen molar-refractivity contribution in [2.24, 2.45) is 0 Å². The first-order chi connectivity index (χ1) is 11.3. The van der Waals surface area contributed by atoms with Crippen molar-refractivity contribution >= 4 is 29.3 Å². The van der Waals surface area contributed by atoms with Gasteiger partial charge >= 0.3 is 0 Å². The smallest absolute Gasteiger partial charge is 0.243 e. The molecule has 5 atom stereocenters. The number of anilines is 1. The number of aromatic amines is 1. The number of alkyl halides is 1. The van der Waals surface area contributed by atoms with Gasteiger partial charge in [0.25, 0.3) is 0 Å². The van der Waals surface area contributed by atoms with E-state index in [0.717, 1.165) is 0 Å². The molecular formula is C14H16FN5O3S. The summed E-state index contributed by atoms with van der Waals surface area (Å²) in [6, 6.07) is 0. The molecule has 1 unspecified atom stereocenters. The van der Waals surface area contributed by atoms with Gasteiger partial charge in [0, 0.05) is 0 Å². The van der Waals surface area contributed by atoms with Crippen molar-refractivity contribution in [2.75, 3.05) is 5.73 Å². The predicted octanol–water partition coefficient (Wildman–Crippen LogP) is 0.442. The van der Waals surface area contributed by atoms with Crippen LogP contribution in [0.1, 0.15) is 20.1 Å². The number of rotatable bonds is 2. The molecule has 0 aliphatic carbocycles. The first-order valence-corrected chi connectivity index (χ1v) is 7.57. The average molecular weight is 353 g/mol. The fourth-order valence-corrected chi connectivity index (χ4v) is 3.06. The summed E-state index contributed by atoms with van der Waals surface area (Å²) in [7, 11) is 0. The molecule has 5 N–H and O–H groups in total. The number of nitrogens with two attached hydrogens (primary N) is 1. The maximum Gasteiger partial charge on any atom is 0.243 e. The number of nitrogens with zero attached hydrogens (tertiary/aromatic N) is 3. The highest BCUT2D eigenvalue weighted by Crippen LogP contribution is 2.43. The third kappa shape index (κ3) is 2.37. The molecule has 0 bridgehead atoms. The molecule has 1 fully saturated rings. The summed E-state index contributed by atoms with van der Waals surface area (Å²) in [5, 5.41) is 20.1. The van der Waals surface area contributed by atoms with Crippen LogP contribution < -0.4 is 5.73 Å². The Hall–Kier alpha value is -2.06. The monoisotopic (exact) mass is 353 g/mol. The lowest BCUT2D eigenvalue weighted by molar-refractivity contribution is -0.0776. The summed E-state index contributed by atoms with van der Waals surface area (Å²) >= 11 is 5.09. The van der Waals surface area contributed by atoms with Gasteiger partial charge in [-0.1, -0.05) is 18.1 Å². The van der Waals surface area contributed by atoms with Gasteiger partial charge in [0.15, 0.2) is 16.8 Å². The third-order valence-electron chi connectivity index (χ3n) is 3.90. The highest BCUT2D eigenvalue weighted by Gasteiger charge is 2.59. The van der Waals surface area contributed by atoms with Crippen LogP contribution in [0.3, 0.4) is 0 Å². The first kappa shape index (κ1) is 16.8. The lowest BCUT2D eigenvalue weighted by Gasteiger charge is -2.24. The van der Waals surface area contributed by atoms with Gasteiger partial charge in [0.1, 0.15) is 23.4 Å². The second-order valence-corrected chi connectivity index (χ2v) is 5.94. The standard InChI is InChI=1S/C14H16FN5O3S/c1-3-4-14(15)9(22)8(6(2)21)23-12(14)20-5-17-7-10(20)18-13(16)19-11(7)24/h5-6,8-9,12,21-22H,1-2H3,(H3,16,18,19,24)/t6-,8+,9-,12+,14?/m0/s1. The third-order valence-corrected chi connectivity index (χ3v) is 4.18. The summed E-state index contributed by atoms with van der Waals surface area (Å²) in [5.41, 5.74) is 3.80. The predicted molar refractivity (Wildman–Crippen MR) is 86.0 cm³/mol. The van der Waals surface area contributed by atoms with Crippen LogP contribution in [0.2, 0.25) is 0 Å². The number of aliphatic hydroxyl groups excluding tert-OH is 2. The SMILES string of the molecule is CC#CC1(F)[C@@H](O)[C@@H]([C@H](C)O)O[C@H]1n1cnc2c(=S)nc(N)[nH]c21. The molecule has 1 aliphatic rings. The molecule has 0 aromatic carbocycles. The fourth-order valence-electron chi connectivity index (χ4n) is 2.81. The quantitative estimate of drug-likeness (QED) is 0.456. The highest BCUT2D eigenvalue weighted by molar-refractivity contribution is 7.71. The second-order valence-electron chi connectivity index (χ2n) is 5.56. The van der Waals surface area contributed by atoms with E-state index in [1.165, 1.54) is 24.7 Å². The summed E-state index contributed by atoms with van der Waals surface area (Å²) in [5.74, 6) is 4.84. The summed E-state index contributed by atoms with van der Waals surface area (Å²) in [6.45, 7) is 2.85. The minimum absolute atomic E-state index is 0.0332. The Labute approximate surface area is 141 Å². The Bertz CT molecular complexity index is 901. The van der Waals surface area contributed by atoms with E-state index in [4.69, 9.17) is 22.7 Å². The Morgan fingerprint density at radius 1 is 1.62 bits per heavy atom. The van der Waals surface area contributed by atoms with E-state index in [1.807, 2.05) is 0 Å². The molecule has 0 amide bonds. The van der Waals surface area contributed by atoms with E-state index in [0.29, 0.717) is 5.52 Å². The van der Waals surface area contributed by atoms with Crippen LogP contribution in [0, 0.1) is 16.5 Å². The van der Waals surface area contributed by atoms with Gasteiger partial charge in [-0.15, -0.1) is 5.92 Å². The van der Waals surface area contributed by atoms with Gasteiger partial charge in [-0.05, 0) is 13.8 Å². The number of fused-ring (bicyclic) bond motifs is 1. The minimum atomic E-state index is -2.45. The van der Waals surface area contributed by atoms with Crippen molar-refractivity contribution < 1.29 is 19.3 Å². The average Bonchev–Trinajstić information content (AvgIpc) is 3.00. The molecular weight excluding hydrogens is 337 g/mol. The molecule has 3 heterocycles. The second kappa shape index (κ2) is 5.78. The van der Waals surface area contributed by atoms with Crippen molar-refractivity contribution in [1.29, 1.82) is 0 Å². The molecule has 0 radical (unpaired) electrons. The van der Waals surface area contributed by atoms with E-state index in [9.17, 15) is 10.2 Å². The zero-order valence-corrected chi connectivity index (χ0v) is 13.7. The zero-order valence-electron chi connectivity index (χ0n) is 12.9. The lowest BCUT2D eigenvalue weighted by Crippen LogP contribution is -2.44. The van der Waals surface area contributed by atoms with E-state index in [1.54, 1.807) is 0 Å². The van der Waals surface area contributed by atoms with Gasteiger partial charge in [-0.25, -0.2) is 14.4 Å². The topological polar surface area (TPSA) is 122 Å². The number of nitrogen functional groups attached to an aromatic ring is 1. The summed E-state index contributed by atoms with van der Waals surface area (Å²) in [4.78, 5) is 10.7. The Kier molecular flexibility index (Phi) is 4.05. The number of hydrogen-bond donors (Lipinski definition) is 4. The van der Waals surface area contributed by atoms with Crippen molar-refractivity contribution in [3.8, 4) is 11.8 Å². The molecule has 3 rings (SSSR count). The van der Waals surface area contributed by atoms with Gasteiger partial charge in [0.2, 0.25) is 5.67 Å². The van der Waals surface area contributed by atoms with Gasteiger partial charge in [-0.3, -0.25) is 4.57 Å². The number of aromatic nitrogens is 4. The zero-order chi connectivity index (χ0) is 17.6. The Morgan fingerprint density at radius 2 is 2.33 bits per heavy atom. The van der Waals surface area contributed by atoms with Gasteiger partial charge in [-0.2, -0.15) is 0 Å². The van der Waals surface area contributed by atoms with Crippen molar-refractivity contribution in [2.45, 2.75) is 44.1 Å².